The van der Waals surface area contributed by atoms with Crippen molar-refractivity contribution < 1.29 is 4.79 Å². The summed E-state index contributed by atoms with van der Waals surface area (Å²) in [5.74, 6) is -0.550. The molecule has 15 heavy (non-hydrogen) atoms. The molecule has 0 spiro atoms. The summed E-state index contributed by atoms with van der Waals surface area (Å²) in [4.78, 5) is 15.2. The molecular weight excluding hydrogens is 210 g/mol. The van der Waals surface area contributed by atoms with Crippen LogP contribution in [0.5, 0.6) is 0 Å². The standard InChI is InChI=1S/C10H11N3OS/c1-5-2-3-6-7(4-5)15-10(13-6)8(11)9(12)14/h2-4,8H,11H2,1H3,(H2,12,14). The van der Waals surface area contributed by atoms with E-state index in [4.69, 9.17) is 11.5 Å². The quantitative estimate of drug-likeness (QED) is 0.796. The van der Waals surface area contributed by atoms with Crippen LogP contribution in [0, 0.1) is 6.92 Å². The smallest absolute Gasteiger partial charge is 0.241 e. The van der Waals surface area contributed by atoms with Gasteiger partial charge in [-0.3, -0.25) is 4.79 Å². The first kappa shape index (κ1) is 10.1. The maximum Gasteiger partial charge on any atom is 0.241 e. The van der Waals surface area contributed by atoms with Gasteiger partial charge in [0, 0.05) is 0 Å². The number of carbonyl (C=O) groups excluding carboxylic acids is 1. The molecule has 1 atom stereocenters. The number of nitrogens with two attached hydrogens (primary N) is 2. The van der Waals surface area contributed by atoms with Crippen molar-refractivity contribution in [2.75, 3.05) is 0 Å². The highest BCUT2D eigenvalue weighted by atomic mass is 32.1. The van der Waals surface area contributed by atoms with Crippen LogP contribution in [0.1, 0.15) is 16.6 Å². The molecule has 5 heteroatoms. The number of carbonyl (C=O) groups is 1. The van der Waals surface area contributed by atoms with E-state index < -0.39 is 11.9 Å². The summed E-state index contributed by atoms with van der Waals surface area (Å²) in [7, 11) is 0. The molecule has 78 valence electrons. The van der Waals surface area contributed by atoms with Crippen LogP contribution >= 0.6 is 11.3 Å². The van der Waals surface area contributed by atoms with Crippen molar-refractivity contribution in [2.45, 2.75) is 13.0 Å². The van der Waals surface area contributed by atoms with Crippen molar-refractivity contribution in [1.29, 1.82) is 0 Å². The number of primary amides is 1. The third-order valence-electron chi connectivity index (χ3n) is 2.13. The molecular formula is C10H11N3OS. The fraction of sp³-hybridized carbons (Fsp3) is 0.200. The van der Waals surface area contributed by atoms with Gasteiger partial charge in [0.05, 0.1) is 10.2 Å². The largest absolute Gasteiger partial charge is 0.368 e. The monoisotopic (exact) mass is 221 g/mol. The zero-order valence-electron chi connectivity index (χ0n) is 8.23. The molecule has 0 aliphatic rings. The zero-order chi connectivity index (χ0) is 11.0. The van der Waals surface area contributed by atoms with Crippen molar-refractivity contribution >= 4 is 27.5 Å². The number of amides is 1. The number of hydrogen-bond acceptors (Lipinski definition) is 4. The molecule has 0 radical (unpaired) electrons. The van der Waals surface area contributed by atoms with Gasteiger partial charge in [0.25, 0.3) is 0 Å². The Morgan fingerprint density at radius 2 is 2.27 bits per heavy atom. The van der Waals surface area contributed by atoms with Crippen molar-refractivity contribution in [3.63, 3.8) is 0 Å². The number of thiazole rings is 1. The molecule has 0 fully saturated rings. The average Bonchev–Trinajstić information content (AvgIpc) is 2.58. The van der Waals surface area contributed by atoms with Gasteiger partial charge in [-0.15, -0.1) is 11.3 Å². The molecule has 1 heterocycles. The van der Waals surface area contributed by atoms with Crippen molar-refractivity contribution in [2.24, 2.45) is 11.5 Å². The maximum atomic E-state index is 10.9. The van der Waals surface area contributed by atoms with Gasteiger partial charge in [-0.05, 0) is 24.6 Å². The third kappa shape index (κ3) is 1.84. The van der Waals surface area contributed by atoms with Crippen LogP contribution in [0.3, 0.4) is 0 Å². The minimum absolute atomic E-state index is 0.550. The van der Waals surface area contributed by atoms with Gasteiger partial charge >= 0.3 is 0 Å². The van der Waals surface area contributed by atoms with Crippen molar-refractivity contribution in [1.82, 2.24) is 4.98 Å². The second kappa shape index (κ2) is 3.60. The number of fused-ring (bicyclic) bond motifs is 1. The molecule has 1 aromatic heterocycles. The summed E-state index contributed by atoms with van der Waals surface area (Å²) in [6, 6.07) is 5.10. The van der Waals surface area contributed by atoms with E-state index in [2.05, 4.69) is 4.98 Å². The summed E-state index contributed by atoms with van der Waals surface area (Å²) in [6.45, 7) is 2.01. The maximum absolute atomic E-state index is 10.9. The molecule has 4 N–H and O–H groups in total. The number of nitrogens with zero attached hydrogens (tertiary/aromatic N) is 1. The summed E-state index contributed by atoms with van der Waals surface area (Å²) in [5, 5.41) is 0.572. The molecule has 1 aromatic carbocycles. The Balaban J connectivity index is 2.51. The van der Waals surface area contributed by atoms with E-state index in [1.54, 1.807) is 0 Å². The van der Waals surface area contributed by atoms with E-state index in [1.807, 2.05) is 25.1 Å². The predicted molar refractivity (Wildman–Crippen MR) is 60.5 cm³/mol. The Morgan fingerprint density at radius 1 is 1.53 bits per heavy atom. The van der Waals surface area contributed by atoms with Gasteiger partial charge in [-0.2, -0.15) is 0 Å². The van der Waals surface area contributed by atoms with Crippen LogP contribution < -0.4 is 11.5 Å². The summed E-state index contributed by atoms with van der Waals surface area (Å²) >= 11 is 1.41. The van der Waals surface area contributed by atoms with Gasteiger partial charge in [-0.25, -0.2) is 4.98 Å². The minimum atomic E-state index is -0.803. The van der Waals surface area contributed by atoms with Gasteiger partial charge in [0.1, 0.15) is 11.0 Å². The first-order valence-corrected chi connectivity index (χ1v) is 5.31. The number of rotatable bonds is 2. The zero-order valence-corrected chi connectivity index (χ0v) is 9.04. The Bertz CT molecular complexity index is 520. The second-order valence-corrected chi connectivity index (χ2v) is 4.47. The fourth-order valence-electron chi connectivity index (χ4n) is 1.30. The highest BCUT2D eigenvalue weighted by Gasteiger charge is 2.16. The van der Waals surface area contributed by atoms with Gasteiger partial charge in [0.2, 0.25) is 5.91 Å². The normalized spacial score (nSPS) is 12.9. The van der Waals surface area contributed by atoms with Crippen LogP contribution in [-0.4, -0.2) is 10.9 Å². The molecule has 0 aliphatic heterocycles. The van der Waals surface area contributed by atoms with Crippen molar-refractivity contribution in [3.8, 4) is 0 Å². The molecule has 1 unspecified atom stereocenters. The third-order valence-corrected chi connectivity index (χ3v) is 3.23. The molecule has 1 amide bonds. The van der Waals surface area contributed by atoms with E-state index >= 15 is 0 Å². The highest BCUT2D eigenvalue weighted by Crippen LogP contribution is 2.26. The molecule has 0 aliphatic carbocycles. The van der Waals surface area contributed by atoms with E-state index in [-0.39, 0.29) is 0 Å². The molecule has 2 aromatic rings. The first-order valence-electron chi connectivity index (χ1n) is 4.50. The van der Waals surface area contributed by atoms with Crippen molar-refractivity contribution in [3.05, 3.63) is 28.8 Å². The van der Waals surface area contributed by atoms with Gasteiger partial charge in [-0.1, -0.05) is 6.07 Å². The fourth-order valence-corrected chi connectivity index (χ4v) is 2.38. The lowest BCUT2D eigenvalue weighted by Crippen LogP contribution is -2.27. The lowest BCUT2D eigenvalue weighted by molar-refractivity contribution is -0.119. The molecule has 0 bridgehead atoms. The van der Waals surface area contributed by atoms with Gasteiger partial charge in [0.15, 0.2) is 0 Å². The minimum Gasteiger partial charge on any atom is -0.368 e. The van der Waals surface area contributed by atoms with E-state index in [0.717, 1.165) is 15.8 Å². The van der Waals surface area contributed by atoms with Crippen LogP contribution in [0.15, 0.2) is 18.2 Å². The number of aryl methyl sites for hydroxylation is 1. The Kier molecular flexibility index (Phi) is 2.42. The topological polar surface area (TPSA) is 82.0 Å². The Labute approximate surface area is 90.9 Å². The number of aromatic nitrogens is 1. The Hall–Kier alpha value is -1.46. The average molecular weight is 221 g/mol. The summed E-state index contributed by atoms with van der Waals surface area (Å²) in [5.41, 5.74) is 12.8. The lowest BCUT2D eigenvalue weighted by Gasteiger charge is -2.00. The van der Waals surface area contributed by atoms with Crippen LogP contribution in [0.25, 0.3) is 10.2 Å². The molecule has 0 saturated heterocycles. The van der Waals surface area contributed by atoms with E-state index in [9.17, 15) is 4.79 Å². The number of benzene rings is 1. The molecule has 2 rings (SSSR count). The predicted octanol–water partition coefficient (Wildman–Crippen LogP) is 1.09. The molecule has 4 nitrogen and oxygen atoms in total. The van der Waals surface area contributed by atoms with E-state index in [0.29, 0.717) is 5.01 Å². The molecule has 0 saturated carbocycles. The summed E-state index contributed by atoms with van der Waals surface area (Å²) < 4.78 is 1.03. The van der Waals surface area contributed by atoms with Crippen LogP contribution in [0.2, 0.25) is 0 Å². The van der Waals surface area contributed by atoms with Crippen LogP contribution in [0.4, 0.5) is 0 Å². The highest BCUT2D eigenvalue weighted by molar-refractivity contribution is 7.18. The first-order chi connectivity index (χ1) is 7.08. The lowest BCUT2D eigenvalue weighted by atomic mass is 10.2. The van der Waals surface area contributed by atoms with Gasteiger partial charge < -0.3 is 11.5 Å². The second-order valence-electron chi connectivity index (χ2n) is 3.40. The van der Waals surface area contributed by atoms with Crippen LogP contribution in [-0.2, 0) is 4.79 Å². The SMILES string of the molecule is Cc1ccc2nc(C(N)C(N)=O)sc2c1. The Morgan fingerprint density at radius 3 is 2.93 bits per heavy atom. The number of hydrogen-bond donors (Lipinski definition) is 2. The van der Waals surface area contributed by atoms with E-state index in [1.165, 1.54) is 11.3 Å². The summed E-state index contributed by atoms with van der Waals surface area (Å²) in [6.07, 6.45) is 0.